The van der Waals surface area contributed by atoms with E-state index in [9.17, 15) is 0 Å². The van der Waals surface area contributed by atoms with E-state index >= 15 is 0 Å². The van der Waals surface area contributed by atoms with E-state index in [1.807, 2.05) is 37.3 Å². The molecule has 0 aliphatic carbocycles. The Morgan fingerprint density at radius 3 is 2.80 bits per heavy atom. The Morgan fingerprint density at radius 2 is 2.05 bits per heavy atom. The molecule has 98 valence electrons. The van der Waals surface area contributed by atoms with Gasteiger partial charge in [-0.2, -0.15) is 10.4 Å². The fourth-order valence-corrected chi connectivity index (χ4v) is 2.13. The third-order valence-electron chi connectivity index (χ3n) is 3.19. The van der Waals surface area contributed by atoms with Crippen LogP contribution in [-0.2, 0) is 6.54 Å². The summed E-state index contributed by atoms with van der Waals surface area (Å²) in [4.78, 5) is 4.37. The summed E-state index contributed by atoms with van der Waals surface area (Å²) < 4.78 is 0. The van der Waals surface area contributed by atoms with Crippen molar-refractivity contribution in [1.29, 1.82) is 5.26 Å². The molecule has 20 heavy (non-hydrogen) atoms. The highest BCUT2D eigenvalue weighted by atomic mass is 15.1. The molecule has 0 saturated carbocycles. The fraction of sp³-hybridized carbons (Fsp3) is 0.133. The maximum absolute atomic E-state index is 8.78. The van der Waals surface area contributed by atoms with Gasteiger partial charge in [-0.05, 0) is 30.7 Å². The zero-order valence-corrected chi connectivity index (χ0v) is 11.0. The Morgan fingerprint density at radius 1 is 1.25 bits per heavy atom. The maximum atomic E-state index is 8.78. The van der Waals surface area contributed by atoms with Crippen molar-refractivity contribution in [2.24, 2.45) is 0 Å². The van der Waals surface area contributed by atoms with Crippen LogP contribution >= 0.6 is 0 Å². The van der Waals surface area contributed by atoms with E-state index in [4.69, 9.17) is 5.26 Å². The number of aromatic nitrogens is 3. The normalized spacial score (nSPS) is 10.4. The van der Waals surface area contributed by atoms with Crippen molar-refractivity contribution in [1.82, 2.24) is 15.2 Å². The molecule has 1 aromatic carbocycles. The number of fused-ring (bicyclic) bond motifs is 1. The minimum Gasteiger partial charge on any atom is -0.365 e. The lowest BCUT2D eigenvalue weighted by Gasteiger charge is -2.07. The second-order valence-corrected chi connectivity index (χ2v) is 4.56. The Hall–Kier alpha value is -2.87. The summed E-state index contributed by atoms with van der Waals surface area (Å²) in [6.45, 7) is 2.63. The van der Waals surface area contributed by atoms with Crippen LogP contribution in [0.2, 0.25) is 0 Å². The van der Waals surface area contributed by atoms with Crippen molar-refractivity contribution in [2.75, 3.05) is 5.32 Å². The van der Waals surface area contributed by atoms with E-state index in [-0.39, 0.29) is 0 Å². The lowest BCUT2D eigenvalue weighted by atomic mass is 10.1. The van der Waals surface area contributed by atoms with Crippen LogP contribution in [0.5, 0.6) is 0 Å². The molecule has 3 aromatic rings. The fourth-order valence-electron chi connectivity index (χ4n) is 2.13. The monoisotopic (exact) mass is 263 g/mol. The molecule has 2 N–H and O–H groups in total. The minimum atomic E-state index is 0.655. The van der Waals surface area contributed by atoms with E-state index in [2.05, 4.69) is 26.6 Å². The number of hydrogen-bond acceptors (Lipinski definition) is 4. The van der Waals surface area contributed by atoms with Gasteiger partial charge in [-0.25, -0.2) is 4.98 Å². The van der Waals surface area contributed by atoms with Gasteiger partial charge in [0.15, 0.2) is 0 Å². The summed E-state index contributed by atoms with van der Waals surface area (Å²) >= 11 is 0. The lowest BCUT2D eigenvalue weighted by molar-refractivity contribution is 1.07. The first-order chi connectivity index (χ1) is 9.78. The predicted molar refractivity (Wildman–Crippen MR) is 77.1 cm³/mol. The first-order valence-electron chi connectivity index (χ1n) is 6.30. The largest absolute Gasteiger partial charge is 0.365 e. The molecule has 3 rings (SSSR count). The second-order valence-electron chi connectivity index (χ2n) is 4.56. The van der Waals surface area contributed by atoms with E-state index < -0.39 is 0 Å². The number of aromatic amines is 1. The number of hydrogen-bond donors (Lipinski definition) is 2. The van der Waals surface area contributed by atoms with E-state index in [0.717, 1.165) is 28.0 Å². The van der Waals surface area contributed by atoms with Crippen LogP contribution in [-0.4, -0.2) is 15.2 Å². The van der Waals surface area contributed by atoms with Gasteiger partial charge in [-0.3, -0.25) is 5.10 Å². The average Bonchev–Trinajstić information content (AvgIpc) is 2.88. The molecule has 0 amide bonds. The molecule has 0 unspecified atom stereocenters. The Balaban J connectivity index is 1.83. The summed E-state index contributed by atoms with van der Waals surface area (Å²) in [5, 5.41) is 20.3. The number of nitrogens with one attached hydrogen (secondary N) is 2. The zero-order chi connectivity index (χ0) is 13.9. The molecule has 0 fully saturated rings. The topological polar surface area (TPSA) is 77.4 Å². The van der Waals surface area contributed by atoms with Crippen molar-refractivity contribution < 1.29 is 0 Å². The van der Waals surface area contributed by atoms with Crippen LogP contribution in [0.25, 0.3) is 10.9 Å². The first kappa shape index (κ1) is 12.2. The van der Waals surface area contributed by atoms with Gasteiger partial charge >= 0.3 is 0 Å². The van der Waals surface area contributed by atoms with Crippen molar-refractivity contribution in [3.63, 3.8) is 0 Å². The number of aryl methyl sites for hydroxylation is 1. The molecule has 5 nitrogen and oxygen atoms in total. The number of pyridine rings is 1. The summed E-state index contributed by atoms with van der Waals surface area (Å²) in [6.07, 6.45) is 1.74. The van der Waals surface area contributed by atoms with Crippen LogP contribution in [0.3, 0.4) is 0 Å². The highest BCUT2D eigenvalue weighted by Gasteiger charge is 2.07. The minimum absolute atomic E-state index is 0.655. The highest BCUT2D eigenvalue weighted by Crippen LogP contribution is 2.22. The Labute approximate surface area is 116 Å². The van der Waals surface area contributed by atoms with Gasteiger partial charge in [-0.15, -0.1) is 0 Å². The SMILES string of the molecule is Cc1[nH]nc2ccnc(NCc3ccc(C#N)cc3)c12. The number of rotatable bonds is 3. The van der Waals surface area contributed by atoms with Crippen LogP contribution in [0.1, 0.15) is 16.8 Å². The van der Waals surface area contributed by atoms with E-state index in [0.29, 0.717) is 12.1 Å². The van der Waals surface area contributed by atoms with Gasteiger partial charge in [-0.1, -0.05) is 12.1 Å². The van der Waals surface area contributed by atoms with Crippen molar-refractivity contribution in [2.45, 2.75) is 13.5 Å². The Bertz CT molecular complexity index is 780. The highest BCUT2D eigenvalue weighted by molar-refractivity contribution is 5.91. The Kier molecular flexibility index (Phi) is 3.05. The molecule has 2 aromatic heterocycles. The van der Waals surface area contributed by atoms with Crippen molar-refractivity contribution in [3.8, 4) is 6.07 Å². The van der Waals surface area contributed by atoms with Crippen molar-refractivity contribution >= 4 is 16.7 Å². The standard InChI is InChI=1S/C15H13N5/c1-10-14-13(20-19-10)6-7-17-15(14)18-9-12-4-2-11(8-16)3-5-12/h2-7H,9H2,1H3,(H,17,18)(H,19,20). The number of nitrogens with zero attached hydrogens (tertiary/aromatic N) is 3. The van der Waals surface area contributed by atoms with Crippen LogP contribution < -0.4 is 5.32 Å². The molecular weight excluding hydrogens is 250 g/mol. The first-order valence-corrected chi connectivity index (χ1v) is 6.30. The van der Waals surface area contributed by atoms with Crippen LogP contribution in [0, 0.1) is 18.3 Å². The van der Waals surface area contributed by atoms with Gasteiger partial charge < -0.3 is 5.32 Å². The van der Waals surface area contributed by atoms with E-state index in [1.54, 1.807) is 6.20 Å². The van der Waals surface area contributed by atoms with Gasteiger partial charge in [0.1, 0.15) is 5.82 Å². The summed E-state index contributed by atoms with van der Waals surface area (Å²) in [7, 11) is 0. The zero-order valence-electron chi connectivity index (χ0n) is 11.0. The molecule has 0 saturated heterocycles. The van der Waals surface area contributed by atoms with Gasteiger partial charge in [0.2, 0.25) is 0 Å². The van der Waals surface area contributed by atoms with Crippen LogP contribution in [0.15, 0.2) is 36.5 Å². The van der Waals surface area contributed by atoms with Gasteiger partial charge in [0.25, 0.3) is 0 Å². The molecule has 5 heteroatoms. The van der Waals surface area contributed by atoms with Crippen LogP contribution in [0.4, 0.5) is 5.82 Å². The molecule has 2 heterocycles. The third kappa shape index (κ3) is 2.19. The molecule has 0 bridgehead atoms. The average molecular weight is 263 g/mol. The number of benzene rings is 1. The molecular formula is C15H13N5. The number of anilines is 1. The van der Waals surface area contributed by atoms with Gasteiger partial charge in [0, 0.05) is 18.4 Å². The maximum Gasteiger partial charge on any atom is 0.137 e. The smallest absolute Gasteiger partial charge is 0.137 e. The summed E-state index contributed by atoms with van der Waals surface area (Å²) in [5.41, 5.74) is 3.67. The van der Waals surface area contributed by atoms with E-state index in [1.165, 1.54) is 0 Å². The second kappa shape index (κ2) is 5.02. The molecule has 0 aliphatic heterocycles. The number of nitriles is 1. The molecule has 0 spiro atoms. The quantitative estimate of drug-likeness (QED) is 0.761. The molecule has 0 aliphatic rings. The predicted octanol–water partition coefficient (Wildman–Crippen LogP) is 2.75. The third-order valence-corrected chi connectivity index (χ3v) is 3.19. The van der Waals surface area contributed by atoms with Gasteiger partial charge in [0.05, 0.1) is 22.5 Å². The lowest BCUT2D eigenvalue weighted by Crippen LogP contribution is -2.01. The number of H-pyrrole nitrogens is 1. The molecule has 0 atom stereocenters. The summed E-state index contributed by atoms with van der Waals surface area (Å²) in [6, 6.07) is 11.5. The molecule has 0 radical (unpaired) electrons. The van der Waals surface area contributed by atoms with Crippen molar-refractivity contribution in [3.05, 3.63) is 53.3 Å². The summed E-state index contributed by atoms with van der Waals surface area (Å²) in [5.74, 6) is 0.818.